The van der Waals surface area contributed by atoms with Crippen molar-refractivity contribution in [2.75, 3.05) is 6.61 Å². The van der Waals surface area contributed by atoms with E-state index in [1.165, 1.54) is 6.07 Å². The van der Waals surface area contributed by atoms with Crippen LogP contribution in [0, 0.1) is 0 Å². The standard InChI is InChI=1S/C11H10Br2F2O3/c1-2-17-10(16)4-6-3-9(18-11(14)15)8(13)5-7(6)12/h3,5,11H,2,4H2,1H3. The van der Waals surface area contributed by atoms with Crippen LogP contribution in [0.1, 0.15) is 12.5 Å². The van der Waals surface area contributed by atoms with Crippen molar-refractivity contribution in [1.29, 1.82) is 0 Å². The van der Waals surface area contributed by atoms with Crippen LogP contribution in [-0.2, 0) is 16.0 Å². The van der Waals surface area contributed by atoms with Gasteiger partial charge in [0.25, 0.3) is 0 Å². The first-order valence-electron chi connectivity index (χ1n) is 5.02. The molecular weight excluding hydrogens is 378 g/mol. The number of hydrogen-bond donors (Lipinski definition) is 0. The average molecular weight is 388 g/mol. The Hall–Kier alpha value is -0.690. The lowest BCUT2D eigenvalue weighted by atomic mass is 10.1. The first-order chi connectivity index (χ1) is 8.43. The molecule has 0 saturated carbocycles. The Bertz CT molecular complexity index is 439. The number of alkyl halides is 2. The van der Waals surface area contributed by atoms with E-state index in [9.17, 15) is 13.6 Å². The van der Waals surface area contributed by atoms with E-state index >= 15 is 0 Å². The number of carbonyl (C=O) groups is 1. The first kappa shape index (κ1) is 15.4. The fourth-order valence-electron chi connectivity index (χ4n) is 1.26. The minimum absolute atomic E-state index is 0.0126. The lowest BCUT2D eigenvalue weighted by molar-refractivity contribution is -0.142. The van der Waals surface area contributed by atoms with Crippen molar-refractivity contribution in [1.82, 2.24) is 0 Å². The fourth-order valence-corrected chi connectivity index (χ4v) is 2.49. The van der Waals surface area contributed by atoms with Gasteiger partial charge in [-0.2, -0.15) is 8.78 Å². The van der Waals surface area contributed by atoms with Crippen LogP contribution in [0.25, 0.3) is 0 Å². The van der Waals surface area contributed by atoms with Gasteiger partial charge in [-0.05, 0) is 40.5 Å². The fraction of sp³-hybridized carbons (Fsp3) is 0.364. The number of ether oxygens (including phenoxy) is 2. The Morgan fingerprint density at radius 3 is 2.56 bits per heavy atom. The number of esters is 1. The van der Waals surface area contributed by atoms with Crippen molar-refractivity contribution in [2.24, 2.45) is 0 Å². The van der Waals surface area contributed by atoms with Crippen LogP contribution in [0.4, 0.5) is 8.78 Å². The molecule has 1 aromatic carbocycles. The summed E-state index contributed by atoms with van der Waals surface area (Å²) in [5.74, 6) is -0.448. The Morgan fingerprint density at radius 1 is 1.33 bits per heavy atom. The molecule has 0 heterocycles. The van der Waals surface area contributed by atoms with Gasteiger partial charge in [0.2, 0.25) is 0 Å². The van der Waals surface area contributed by atoms with Crippen molar-refractivity contribution in [3.8, 4) is 5.75 Å². The van der Waals surface area contributed by atoms with Crippen molar-refractivity contribution < 1.29 is 23.0 Å². The molecule has 1 rings (SSSR count). The second-order valence-electron chi connectivity index (χ2n) is 3.23. The van der Waals surface area contributed by atoms with Crippen LogP contribution in [0.2, 0.25) is 0 Å². The third-order valence-corrected chi connectivity index (χ3v) is 3.32. The van der Waals surface area contributed by atoms with E-state index in [1.807, 2.05) is 0 Å². The monoisotopic (exact) mass is 386 g/mol. The van der Waals surface area contributed by atoms with E-state index in [4.69, 9.17) is 4.74 Å². The number of hydrogen-bond acceptors (Lipinski definition) is 3. The molecule has 0 aromatic heterocycles. The van der Waals surface area contributed by atoms with Gasteiger partial charge in [0.1, 0.15) is 5.75 Å². The minimum atomic E-state index is -2.92. The second kappa shape index (κ2) is 7.04. The lowest BCUT2D eigenvalue weighted by Gasteiger charge is -2.11. The predicted octanol–water partition coefficient (Wildman–Crippen LogP) is 3.92. The Labute approximate surface area is 120 Å². The highest BCUT2D eigenvalue weighted by molar-refractivity contribution is 9.11. The molecule has 100 valence electrons. The van der Waals surface area contributed by atoms with Crippen molar-refractivity contribution >= 4 is 37.8 Å². The van der Waals surface area contributed by atoms with Gasteiger partial charge < -0.3 is 9.47 Å². The van der Waals surface area contributed by atoms with E-state index < -0.39 is 12.6 Å². The maximum atomic E-state index is 12.2. The Morgan fingerprint density at radius 2 is 2.00 bits per heavy atom. The summed E-state index contributed by atoms with van der Waals surface area (Å²) in [6, 6.07) is 2.92. The van der Waals surface area contributed by atoms with Gasteiger partial charge in [-0.1, -0.05) is 15.9 Å². The second-order valence-corrected chi connectivity index (χ2v) is 4.94. The Kier molecular flexibility index (Phi) is 6.01. The molecule has 0 aliphatic heterocycles. The molecule has 7 heteroatoms. The van der Waals surface area contributed by atoms with Crippen molar-refractivity contribution in [3.63, 3.8) is 0 Å². The molecule has 0 unspecified atom stereocenters. The largest absolute Gasteiger partial charge is 0.466 e. The van der Waals surface area contributed by atoms with Gasteiger partial charge in [-0.3, -0.25) is 4.79 Å². The summed E-state index contributed by atoms with van der Waals surface area (Å²) in [5.41, 5.74) is 0.521. The molecule has 0 radical (unpaired) electrons. The minimum Gasteiger partial charge on any atom is -0.466 e. The normalized spacial score (nSPS) is 10.6. The molecule has 0 fully saturated rings. The summed E-state index contributed by atoms with van der Waals surface area (Å²) >= 11 is 6.35. The molecule has 0 atom stereocenters. The smallest absolute Gasteiger partial charge is 0.387 e. The van der Waals surface area contributed by atoms with Crippen molar-refractivity contribution in [2.45, 2.75) is 20.0 Å². The molecule has 0 bridgehead atoms. The zero-order valence-electron chi connectivity index (χ0n) is 9.38. The molecule has 0 amide bonds. The van der Waals surface area contributed by atoms with Crippen LogP contribution in [0.5, 0.6) is 5.75 Å². The van der Waals surface area contributed by atoms with Crippen LogP contribution >= 0.6 is 31.9 Å². The highest BCUT2D eigenvalue weighted by atomic mass is 79.9. The van der Waals surface area contributed by atoms with E-state index in [0.717, 1.165) is 0 Å². The average Bonchev–Trinajstić information content (AvgIpc) is 2.24. The van der Waals surface area contributed by atoms with Gasteiger partial charge in [0.05, 0.1) is 17.5 Å². The summed E-state index contributed by atoms with van der Waals surface area (Å²) in [4.78, 5) is 11.3. The summed E-state index contributed by atoms with van der Waals surface area (Å²) in [6.07, 6.45) is -0.0126. The molecule has 0 spiro atoms. The lowest BCUT2D eigenvalue weighted by Crippen LogP contribution is -2.09. The molecule has 0 aliphatic carbocycles. The molecule has 0 saturated heterocycles. The quantitative estimate of drug-likeness (QED) is 0.718. The predicted molar refractivity (Wildman–Crippen MR) is 68.8 cm³/mol. The van der Waals surface area contributed by atoms with Gasteiger partial charge in [-0.15, -0.1) is 0 Å². The van der Waals surface area contributed by atoms with Crippen LogP contribution in [0.15, 0.2) is 21.1 Å². The van der Waals surface area contributed by atoms with Crippen LogP contribution in [-0.4, -0.2) is 19.2 Å². The van der Waals surface area contributed by atoms with Gasteiger partial charge >= 0.3 is 12.6 Å². The summed E-state index contributed by atoms with van der Waals surface area (Å²) in [7, 11) is 0. The van der Waals surface area contributed by atoms with Crippen LogP contribution < -0.4 is 4.74 Å². The molecule has 0 aliphatic rings. The third-order valence-electron chi connectivity index (χ3n) is 1.96. The van der Waals surface area contributed by atoms with E-state index in [-0.39, 0.29) is 18.8 Å². The van der Waals surface area contributed by atoms with Gasteiger partial charge in [0, 0.05) is 4.47 Å². The van der Waals surface area contributed by atoms with E-state index in [1.54, 1.807) is 13.0 Å². The molecule has 1 aromatic rings. The third kappa shape index (κ3) is 4.53. The topological polar surface area (TPSA) is 35.5 Å². The first-order valence-corrected chi connectivity index (χ1v) is 6.61. The summed E-state index contributed by atoms with van der Waals surface area (Å²) < 4.78 is 34.5. The zero-order chi connectivity index (χ0) is 13.7. The van der Waals surface area contributed by atoms with E-state index in [0.29, 0.717) is 14.5 Å². The summed E-state index contributed by atoms with van der Waals surface area (Å²) in [6.45, 7) is -0.953. The van der Waals surface area contributed by atoms with Crippen LogP contribution in [0.3, 0.4) is 0 Å². The molecule has 3 nitrogen and oxygen atoms in total. The number of halogens is 4. The number of benzene rings is 1. The highest BCUT2D eigenvalue weighted by Gasteiger charge is 2.14. The maximum Gasteiger partial charge on any atom is 0.387 e. The number of rotatable bonds is 5. The van der Waals surface area contributed by atoms with E-state index in [2.05, 4.69) is 36.6 Å². The van der Waals surface area contributed by atoms with Gasteiger partial charge in [-0.25, -0.2) is 0 Å². The molecule has 18 heavy (non-hydrogen) atoms. The number of carbonyl (C=O) groups excluding carboxylic acids is 1. The molecule has 0 N–H and O–H groups in total. The van der Waals surface area contributed by atoms with Gasteiger partial charge in [0.15, 0.2) is 0 Å². The zero-order valence-corrected chi connectivity index (χ0v) is 12.6. The van der Waals surface area contributed by atoms with Crippen molar-refractivity contribution in [3.05, 3.63) is 26.6 Å². The maximum absolute atomic E-state index is 12.2. The Balaban J connectivity index is 2.94. The highest BCUT2D eigenvalue weighted by Crippen LogP contribution is 2.33. The molecular formula is C11H10Br2F2O3. The summed E-state index contributed by atoms with van der Waals surface area (Å²) in [5, 5.41) is 0. The SMILES string of the molecule is CCOC(=O)Cc1cc(OC(F)F)c(Br)cc1Br.